The molecule has 6 heteroatoms. The van der Waals surface area contributed by atoms with Gasteiger partial charge in [0.1, 0.15) is 0 Å². The molecule has 0 fully saturated rings. The van der Waals surface area contributed by atoms with Gasteiger partial charge >= 0.3 is 0 Å². The van der Waals surface area contributed by atoms with Crippen LogP contribution < -0.4 is 11.5 Å². The van der Waals surface area contributed by atoms with Crippen molar-refractivity contribution in [2.45, 2.75) is 13.1 Å². The number of hydrogen-bond acceptors (Lipinski definition) is 4. The summed E-state index contributed by atoms with van der Waals surface area (Å²) in [6, 6.07) is 15.4. The Labute approximate surface area is 131 Å². The molecule has 0 saturated carbocycles. The van der Waals surface area contributed by atoms with Crippen LogP contribution >= 0.6 is 24.8 Å². The van der Waals surface area contributed by atoms with Crippen LogP contribution in [0.2, 0.25) is 0 Å². The van der Waals surface area contributed by atoms with E-state index >= 15 is 0 Å². The van der Waals surface area contributed by atoms with Crippen LogP contribution in [0.4, 0.5) is 11.4 Å². The molecule has 2 aromatic rings. The van der Waals surface area contributed by atoms with E-state index < -0.39 is 0 Å². The van der Waals surface area contributed by atoms with Gasteiger partial charge < -0.3 is 11.5 Å². The summed E-state index contributed by atoms with van der Waals surface area (Å²) in [4.78, 5) is 0. The van der Waals surface area contributed by atoms with Crippen LogP contribution in [0.1, 0.15) is 11.1 Å². The normalized spacial score (nSPS) is 9.90. The number of benzene rings is 2. The van der Waals surface area contributed by atoms with Crippen LogP contribution in [0.25, 0.3) is 0 Å². The molecule has 0 aliphatic carbocycles. The van der Waals surface area contributed by atoms with E-state index in [0.29, 0.717) is 13.1 Å². The van der Waals surface area contributed by atoms with Crippen LogP contribution in [0.15, 0.2) is 58.8 Å². The Morgan fingerprint density at radius 3 is 1.15 bits per heavy atom. The van der Waals surface area contributed by atoms with Crippen LogP contribution in [0, 0.1) is 0 Å². The van der Waals surface area contributed by atoms with Crippen molar-refractivity contribution in [2.24, 2.45) is 21.7 Å². The van der Waals surface area contributed by atoms with E-state index in [4.69, 9.17) is 11.5 Å². The maximum absolute atomic E-state index is 5.53. The minimum absolute atomic E-state index is 0. The first kappa shape index (κ1) is 18.5. The third kappa shape index (κ3) is 5.27. The zero-order valence-corrected chi connectivity index (χ0v) is 12.5. The predicted octanol–water partition coefficient (Wildman–Crippen LogP) is 3.86. The molecule has 0 saturated heterocycles. The number of rotatable bonds is 4. The first-order valence-corrected chi connectivity index (χ1v) is 5.81. The van der Waals surface area contributed by atoms with Gasteiger partial charge in [0, 0.05) is 13.1 Å². The predicted molar refractivity (Wildman–Crippen MR) is 87.3 cm³/mol. The van der Waals surface area contributed by atoms with E-state index in [2.05, 4.69) is 10.2 Å². The Morgan fingerprint density at radius 1 is 0.600 bits per heavy atom. The molecule has 2 aromatic carbocycles. The van der Waals surface area contributed by atoms with Crippen molar-refractivity contribution in [3.63, 3.8) is 0 Å². The summed E-state index contributed by atoms with van der Waals surface area (Å²) in [7, 11) is 0. The first-order valence-electron chi connectivity index (χ1n) is 5.81. The Kier molecular flexibility index (Phi) is 8.76. The smallest absolute Gasteiger partial charge is 0.0857 e. The molecule has 108 valence electrons. The molecule has 0 aromatic heterocycles. The van der Waals surface area contributed by atoms with Gasteiger partial charge in [-0.2, -0.15) is 10.2 Å². The number of hydrogen-bond donors (Lipinski definition) is 2. The second kappa shape index (κ2) is 9.44. The number of nitrogens with two attached hydrogens (primary N) is 2. The minimum atomic E-state index is 0. The largest absolute Gasteiger partial charge is 0.326 e. The molecule has 0 bridgehead atoms. The van der Waals surface area contributed by atoms with E-state index in [-0.39, 0.29) is 24.8 Å². The van der Waals surface area contributed by atoms with Crippen LogP contribution in [0.5, 0.6) is 0 Å². The average molecular weight is 313 g/mol. The molecular weight excluding hydrogens is 295 g/mol. The molecule has 4 nitrogen and oxygen atoms in total. The molecule has 0 amide bonds. The summed E-state index contributed by atoms with van der Waals surface area (Å²) >= 11 is 0. The summed E-state index contributed by atoms with van der Waals surface area (Å²) < 4.78 is 0. The highest BCUT2D eigenvalue weighted by atomic mass is 35.5. The molecule has 0 aliphatic rings. The number of nitrogens with zero attached hydrogens (tertiary/aromatic N) is 2. The SMILES string of the molecule is Cl.Cl.NCc1ccc(N=Nc2ccc(CN)cc2)cc1. The number of halogens is 2. The molecule has 0 spiro atoms. The van der Waals surface area contributed by atoms with Gasteiger partial charge in [-0.25, -0.2) is 0 Å². The monoisotopic (exact) mass is 312 g/mol. The van der Waals surface area contributed by atoms with E-state index in [0.717, 1.165) is 22.5 Å². The quantitative estimate of drug-likeness (QED) is 0.841. The second-order valence-electron chi connectivity index (χ2n) is 3.94. The molecule has 0 radical (unpaired) electrons. The van der Waals surface area contributed by atoms with Crippen molar-refractivity contribution >= 4 is 36.2 Å². The van der Waals surface area contributed by atoms with Crippen LogP contribution in [-0.2, 0) is 13.1 Å². The topological polar surface area (TPSA) is 76.8 Å². The lowest BCUT2D eigenvalue weighted by atomic mass is 10.2. The Morgan fingerprint density at radius 2 is 0.900 bits per heavy atom. The van der Waals surface area contributed by atoms with Crippen molar-refractivity contribution in [2.75, 3.05) is 0 Å². The molecule has 0 heterocycles. The molecule has 0 aliphatic heterocycles. The fourth-order valence-electron chi connectivity index (χ4n) is 1.51. The van der Waals surface area contributed by atoms with E-state index in [1.54, 1.807) is 0 Å². The van der Waals surface area contributed by atoms with Crippen molar-refractivity contribution in [1.29, 1.82) is 0 Å². The van der Waals surface area contributed by atoms with Crippen molar-refractivity contribution in [3.05, 3.63) is 59.7 Å². The zero-order valence-electron chi connectivity index (χ0n) is 10.9. The highest BCUT2D eigenvalue weighted by molar-refractivity contribution is 5.85. The summed E-state index contributed by atoms with van der Waals surface area (Å²) in [6.07, 6.45) is 0. The van der Waals surface area contributed by atoms with Crippen LogP contribution in [0.3, 0.4) is 0 Å². The Bertz CT molecular complexity index is 474. The molecule has 0 atom stereocenters. The third-order valence-corrected chi connectivity index (χ3v) is 2.63. The van der Waals surface area contributed by atoms with Crippen molar-refractivity contribution < 1.29 is 0 Å². The van der Waals surface area contributed by atoms with Crippen molar-refractivity contribution in [1.82, 2.24) is 0 Å². The molecule has 2 rings (SSSR count). The zero-order chi connectivity index (χ0) is 12.8. The number of azo groups is 1. The maximum Gasteiger partial charge on any atom is 0.0857 e. The summed E-state index contributed by atoms with van der Waals surface area (Å²) in [6.45, 7) is 1.08. The minimum Gasteiger partial charge on any atom is -0.326 e. The van der Waals surface area contributed by atoms with Crippen molar-refractivity contribution in [3.8, 4) is 0 Å². The lowest BCUT2D eigenvalue weighted by Crippen LogP contribution is -1.94. The van der Waals surface area contributed by atoms with Gasteiger partial charge in [0.25, 0.3) is 0 Å². The fourth-order valence-corrected chi connectivity index (χ4v) is 1.51. The Hall–Kier alpha value is -1.46. The average Bonchev–Trinajstić information content (AvgIpc) is 2.46. The van der Waals surface area contributed by atoms with Gasteiger partial charge in [-0.15, -0.1) is 24.8 Å². The van der Waals surface area contributed by atoms with Gasteiger partial charge in [-0.1, -0.05) is 24.3 Å². The fraction of sp³-hybridized carbons (Fsp3) is 0.143. The molecule has 0 unspecified atom stereocenters. The summed E-state index contributed by atoms with van der Waals surface area (Å²) in [5.41, 5.74) is 14.9. The van der Waals surface area contributed by atoms with Crippen LogP contribution in [-0.4, -0.2) is 0 Å². The van der Waals surface area contributed by atoms with Gasteiger partial charge in [0.15, 0.2) is 0 Å². The van der Waals surface area contributed by atoms with E-state index in [9.17, 15) is 0 Å². The standard InChI is InChI=1S/C14H16N4.2ClH/c15-9-11-1-5-13(6-2-11)17-18-14-7-3-12(10-16)4-8-14;;/h1-8H,9-10,15-16H2;2*1H. The van der Waals surface area contributed by atoms with Gasteiger partial charge in [-0.3, -0.25) is 0 Å². The summed E-state index contributed by atoms with van der Waals surface area (Å²) in [5, 5.41) is 8.32. The van der Waals surface area contributed by atoms with E-state index in [1.807, 2.05) is 48.5 Å². The van der Waals surface area contributed by atoms with Gasteiger partial charge in [0.05, 0.1) is 11.4 Å². The molecule has 4 N–H and O–H groups in total. The Balaban J connectivity index is 0.00000180. The van der Waals surface area contributed by atoms with E-state index in [1.165, 1.54) is 0 Å². The van der Waals surface area contributed by atoms with Gasteiger partial charge in [-0.05, 0) is 35.4 Å². The molecule has 20 heavy (non-hydrogen) atoms. The van der Waals surface area contributed by atoms with Gasteiger partial charge in [0.2, 0.25) is 0 Å². The molecular formula is C14H18Cl2N4. The second-order valence-corrected chi connectivity index (χ2v) is 3.94. The lowest BCUT2D eigenvalue weighted by molar-refractivity contribution is 1.07. The highest BCUT2D eigenvalue weighted by Crippen LogP contribution is 2.19. The first-order chi connectivity index (χ1) is 8.81. The maximum atomic E-state index is 5.53. The summed E-state index contributed by atoms with van der Waals surface area (Å²) in [5.74, 6) is 0. The highest BCUT2D eigenvalue weighted by Gasteiger charge is 1.93. The third-order valence-electron chi connectivity index (χ3n) is 2.63. The lowest BCUT2D eigenvalue weighted by Gasteiger charge is -1.98.